The molecule has 0 bridgehead atoms. The highest BCUT2D eigenvalue weighted by Crippen LogP contribution is 2.17. The van der Waals surface area contributed by atoms with Gasteiger partial charge in [-0.2, -0.15) is 0 Å². The molecule has 138 valence electrons. The monoisotopic (exact) mass is 343 g/mol. The maximum absolute atomic E-state index is 5.87. The first-order chi connectivity index (χ1) is 12.2. The summed E-state index contributed by atoms with van der Waals surface area (Å²) in [7, 11) is 1.86. The third kappa shape index (κ3) is 10.4. The Bertz CT molecular complexity index is 565. The summed E-state index contributed by atoms with van der Waals surface area (Å²) in [6.45, 7) is 5.57. The number of allylic oxidation sites excluding steroid dienone is 5. The molecule has 0 aliphatic carbocycles. The standard InChI is InChI=1S/C20H33N5/c1-4-9-19-14-18(10-6-5-7-13-24-19)11-8-12-23-16-20(21)25-15-17(2)22-3/h6,9-11,13,15,22-23H,4-5,7-8,12,14,16H2,1-3H3,(H2,21,25)/b10-6-,17-15-,18-11-,19-9?,24-13?. The molecule has 0 fully saturated rings. The fourth-order valence-electron chi connectivity index (χ4n) is 2.27. The van der Waals surface area contributed by atoms with Crippen LogP contribution in [-0.4, -0.2) is 32.2 Å². The molecule has 1 aliphatic heterocycles. The summed E-state index contributed by atoms with van der Waals surface area (Å²) in [5, 5.41) is 6.33. The van der Waals surface area contributed by atoms with Crippen molar-refractivity contribution in [1.29, 1.82) is 0 Å². The van der Waals surface area contributed by atoms with Crippen LogP contribution in [0.2, 0.25) is 0 Å². The van der Waals surface area contributed by atoms with E-state index in [2.05, 4.69) is 51.8 Å². The van der Waals surface area contributed by atoms with E-state index in [1.165, 1.54) is 5.57 Å². The van der Waals surface area contributed by atoms with Gasteiger partial charge in [0.1, 0.15) is 5.84 Å². The molecular formula is C20H33N5. The zero-order valence-electron chi connectivity index (χ0n) is 15.9. The molecule has 0 radical (unpaired) electrons. The molecule has 4 N–H and O–H groups in total. The van der Waals surface area contributed by atoms with E-state index >= 15 is 0 Å². The van der Waals surface area contributed by atoms with Crippen molar-refractivity contribution in [3.05, 3.63) is 47.5 Å². The molecule has 5 nitrogen and oxygen atoms in total. The Balaban J connectivity index is 2.46. The molecule has 1 aliphatic rings. The van der Waals surface area contributed by atoms with Gasteiger partial charge in [-0.05, 0) is 44.7 Å². The molecule has 0 aromatic heterocycles. The minimum atomic E-state index is 0.590. The molecule has 5 heteroatoms. The Kier molecular flexibility index (Phi) is 11.0. The smallest absolute Gasteiger partial charge is 0.113 e. The van der Waals surface area contributed by atoms with Crippen LogP contribution >= 0.6 is 0 Å². The predicted octanol–water partition coefficient (Wildman–Crippen LogP) is 3.44. The van der Waals surface area contributed by atoms with Gasteiger partial charge in [-0.15, -0.1) is 0 Å². The van der Waals surface area contributed by atoms with Gasteiger partial charge in [-0.3, -0.25) is 4.99 Å². The highest BCUT2D eigenvalue weighted by Gasteiger charge is 2.00. The van der Waals surface area contributed by atoms with Crippen molar-refractivity contribution in [3.63, 3.8) is 0 Å². The quantitative estimate of drug-likeness (QED) is 0.359. The molecule has 0 unspecified atom stereocenters. The molecule has 1 heterocycles. The SMILES string of the molecule is CCC=C1CC(=C\CCNCC(N)=N/C=C(/C)NC)/C=C\CCC=N1. The average molecular weight is 344 g/mol. The van der Waals surface area contributed by atoms with Gasteiger partial charge in [0.15, 0.2) is 0 Å². The van der Waals surface area contributed by atoms with Crippen molar-refractivity contribution in [2.45, 2.75) is 46.0 Å². The first kappa shape index (κ1) is 20.9. The number of nitrogens with zero attached hydrogens (tertiary/aromatic N) is 2. The van der Waals surface area contributed by atoms with Crippen LogP contribution in [0.4, 0.5) is 0 Å². The summed E-state index contributed by atoms with van der Waals surface area (Å²) < 4.78 is 0. The number of amidine groups is 1. The van der Waals surface area contributed by atoms with Gasteiger partial charge >= 0.3 is 0 Å². The Morgan fingerprint density at radius 3 is 2.96 bits per heavy atom. The summed E-state index contributed by atoms with van der Waals surface area (Å²) in [6.07, 6.45) is 17.7. The first-order valence-electron chi connectivity index (χ1n) is 9.10. The molecule has 1 rings (SSSR count). The van der Waals surface area contributed by atoms with Gasteiger partial charge in [-0.25, -0.2) is 4.99 Å². The van der Waals surface area contributed by atoms with Crippen LogP contribution in [-0.2, 0) is 0 Å². The van der Waals surface area contributed by atoms with Crippen LogP contribution in [0.3, 0.4) is 0 Å². The van der Waals surface area contributed by atoms with Crippen molar-refractivity contribution < 1.29 is 0 Å². The van der Waals surface area contributed by atoms with E-state index in [4.69, 9.17) is 5.73 Å². The van der Waals surface area contributed by atoms with Crippen molar-refractivity contribution in [2.24, 2.45) is 15.7 Å². The Morgan fingerprint density at radius 1 is 1.36 bits per heavy atom. The minimum absolute atomic E-state index is 0.590. The third-order valence-electron chi connectivity index (χ3n) is 3.73. The Morgan fingerprint density at radius 2 is 2.20 bits per heavy atom. The second-order valence-electron chi connectivity index (χ2n) is 6.00. The fraction of sp³-hybridized carbons (Fsp3) is 0.500. The molecular weight excluding hydrogens is 310 g/mol. The lowest BCUT2D eigenvalue weighted by Gasteiger charge is -2.05. The fourth-order valence-corrected chi connectivity index (χ4v) is 2.27. The van der Waals surface area contributed by atoms with Gasteiger partial charge in [0.2, 0.25) is 0 Å². The number of aliphatic imine (C=N–C) groups is 2. The first-order valence-corrected chi connectivity index (χ1v) is 9.10. The zero-order chi connectivity index (χ0) is 18.3. The minimum Gasteiger partial charge on any atom is -0.390 e. The Labute approximate surface area is 152 Å². The summed E-state index contributed by atoms with van der Waals surface area (Å²) >= 11 is 0. The second-order valence-corrected chi connectivity index (χ2v) is 6.00. The van der Waals surface area contributed by atoms with Crippen molar-refractivity contribution in [2.75, 3.05) is 20.1 Å². The van der Waals surface area contributed by atoms with Crippen LogP contribution < -0.4 is 16.4 Å². The lowest BCUT2D eigenvalue weighted by molar-refractivity contribution is 0.765. The largest absolute Gasteiger partial charge is 0.390 e. The van der Waals surface area contributed by atoms with E-state index in [1.54, 1.807) is 6.20 Å². The molecule has 0 spiro atoms. The van der Waals surface area contributed by atoms with Crippen LogP contribution in [0, 0.1) is 0 Å². The Hall–Kier alpha value is -2.14. The van der Waals surface area contributed by atoms with E-state index in [-0.39, 0.29) is 0 Å². The van der Waals surface area contributed by atoms with Crippen molar-refractivity contribution in [1.82, 2.24) is 10.6 Å². The van der Waals surface area contributed by atoms with Gasteiger partial charge in [-0.1, -0.05) is 31.2 Å². The van der Waals surface area contributed by atoms with E-state index in [0.29, 0.717) is 12.4 Å². The maximum atomic E-state index is 5.87. The summed E-state index contributed by atoms with van der Waals surface area (Å²) in [4.78, 5) is 8.79. The summed E-state index contributed by atoms with van der Waals surface area (Å²) in [5.74, 6) is 0.590. The van der Waals surface area contributed by atoms with Crippen LogP contribution in [0.5, 0.6) is 0 Å². The number of nitrogens with two attached hydrogens (primary N) is 1. The number of hydrogen-bond donors (Lipinski definition) is 3. The maximum Gasteiger partial charge on any atom is 0.113 e. The molecule has 0 amide bonds. The highest BCUT2D eigenvalue weighted by atomic mass is 15.0. The van der Waals surface area contributed by atoms with Gasteiger partial charge in [0.25, 0.3) is 0 Å². The van der Waals surface area contributed by atoms with Gasteiger partial charge in [0, 0.05) is 37.3 Å². The molecule has 25 heavy (non-hydrogen) atoms. The van der Waals surface area contributed by atoms with Crippen molar-refractivity contribution >= 4 is 12.1 Å². The molecule has 0 aromatic carbocycles. The number of rotatable bonds is 8. The van der Waals surface area contributed by atoms with E-state index in [1.807, 2.05) is 20.2 Å². The van der Waals surface area contributed by atoms with E-state index in [0.717, 1.165) is 50.0 Å². The van der Waals surface area contributed by atoms with E-state index < -0.39 is 0 Å². The predicted molar refractivity (Wildman–Crippen MR) is 110 cm³/mol. The molecule has 0 saturated carbocycles. The molecule has 0 aromatic rings. The van der Waals surface area contributed by atoms with Gasteiger partial charge in [0.05, 0.1) is 6.54 Å². The van der Waals surface area contributed by atoms with Gasteiger partial charge < -0.3 is 16.4 Å². The lowest BCUT2D eigenvalue weighted by atomic mass is 10.1. The number of nitrogens with one attached hydrogen (secondary N) is 2. The average Bonchev–Trinajstić information content (AvgIpc) is 2.72. The highest BCUT2D eigenvalue weighted by molar-refractivity contribution is 5.82. The van der Waals surface area contributed by atoms with Crippen LogP contribution in [0.15, 0.2) is 57.5 Å². The normalized spacial score (nSPS) is 21.1. The summed E-state index contributed by atoms with van der Waals surface area (Å²) in [5.41, 5.74) is 9.35. The van der Waals surface area contributed by atoms with Crippen LogP contribution in [0.1, 0.15) is 46.0 Å². The molecule has 0 atom stereocenters. The molecule has 0 saturated heterocycles. The zero-order valence-corrected chi connectivity index (χ0v) is 15.9. The van der Waals surface area contributed by atoms with E-state index in [9.17, 15) is 0 Å². The second kappa shape index (κ2) is 13.2. The topological polar surface area (TPSA) is 74.8 Å². The lowest BCUT2D eigenvalue weighted by Crippen LogP contribution is -2.29. The third-order valence-corrected chi connectivity index (χ3v) is 3.73. The van der Waals surface area contributed by atoms with Crippen LogP contribution in [0.25, 0.3) is 0 Å². The summed E-state index contributed by atoms with van der Waals surface area (Å²) in [6, 6.07) is 0. The van der Waals surface area contributed by atoms with Crippen molar-refractivity contribution in [3.8, 4) is 0 Å². The number of hydrogen-bond acceptors (Lipinski definition) is 4.